The predicted molar refractivity (Wildman–Crippen MR) is 79.9 cm³/mol. The van der Waals surface area contributed by atoms with E-state index in [1.165, 1.54) is 4.31 Å². The maximum absolute atomic E-state index is 12.8. The Morgan fingerprint density at radius 3 is 2.20 bits per heavy atom. The fourth-order valence-corrected chi connectivity index (χ4v) is 4.38. The van der Waals surface area contributed by atoms with Crippen molar-refractivity contribution in [2.45, 2.75) is 45.4 Å². The van der Waals surface area contributed by atoms with Gasteiger partial charge in [-0.1, -0.05) is 24.6 Å². The van der Waals surface area contributed by atoms with Crippen molar-refractivity contribution in [1.29, 1.82) is 5.26 Å². The molecule has 0 unspecified atom stereocenters. The minimum absolute atomic E-state index is 0.373. The number of nitrogens with zero attached hydrogens (tertiary/aromatic N) is 2. The van der Waals surface area contributed by atoms with E-state index < -0.39 is 10.0 Å². The lowest BCUT2D eigenvalue weighted by molar-refractivity contribution is 0.422. The molecule has 110 valence electrons. The van der Waals surface area contributed by atoms with Crippen molar-refractivity contribution < 1.29 is 8.42 Å². The molecule has 5 heteroatoms. The second-order valence-corrected chi connectivity index (χ2v) is 6.86. The van der Waals surface area contributed by atoms with Crippen LogP contribution in [0, 0.1) is 32.1 Å². The summed E-state index contributed by atoms with van der Waals surface area (Å²) in [7, 11) is -3.49. The van der Waals surface area contributed by atoms with E-state index in [0.29, 0.717) is 30.8 Å². The van der Waals surface area contributed by atoms with Gasteiger partial charge in [-0.3, -0.25) is 0 Å². The summed E-state index contributed by atoms with van der Waals surface area (Å²) in [5, 5.41) is 8.57. The molecule has 0 aliphatic heterocycles. The second kappa shape index (κ2) is 6.87. The molecule has 0 atom stereocenters. The molecule has 1 aromatic rings. The minimum atomic E-state index is -3.49. The molecule has 0 aromatic heterocycles. The zero-order chi connectivity index (χ0) is 15.3. The van der Waals surface area contributed by atoms with Gasteiger partial charge in [-0.15, -0.1) is 0 Å². The van der Waals surface area contributed by atoms with Crippen molar-refractivity contribution in [1.82, 2.24) is 4.31 Å². The molecule has 1 rings (SSSR count). The third kappa shape index (κ3) is 3.59. The lowest BCUT2D eigenvalue weighted by Crippen LogP contribution is -2.32. The Labute approximate surface area is 122 Å². The Hall–Kier alpha value is -1.38. The first-order chi connectivity index (χ1) is 9.34. The highest BCUT2D eigenvalue weighted by Gasteiger charge is 2.26. The number of sulfonamides is 1. The van der Waals surface area contributed by atoms with E-state index in [4.69, 9.17) is 5.26 Å². The summed E-state index contributed by atoms with van der Waals surface area (Å²) < 4.78 is 27.0. The first-order valence-corrected chi connectivity index (χ1v) is 8.23. The van der Waals surface area contributed by atoms with Gasteiger partial charge in [0.05, 0.1) is 11.0 Å². The first kappa shape index (κ1) is 16.7. The van der Waals surface area contributed by atoms with Gasteiger partial charge in [0.15, 0.2) is 0 Å². The van der Waals surface area contributed by atoms with Gasteiger partial charge in [0, 0.05) is 19.5 Å². The molecule has 1 aromatic carbocycles. The number of benzene rings is 1. The number of nitriles is 1. The normalized spacial score (nSPS) is 11.6. The average molecular weight is 294 g/mol. The highest BCUT2D eigenvalue weighted by atomic mass is 32.2. The fraction of sp³-hybridized carbons (Fsp3) is 0.533. The van der Waals surface area contributed by atoms with E-state index >= 15 is 0 Å². The molecule has 20 heavy (non-hydrogen) atoms. The Balaban J connectivity index is 3.18. The molecule has 0 bridgehead atoms. The van der Waals surface area contributed by atoms with Crippen LogP contribution in [0.5, 0.6) is 0 Å². The summed E-state index contributed by atoms with van der Waals surface area (Å²) in [5.41, 5.74) is 2.62. The Morgan fingerprint density at radius 2 is 1.75 bits per heavy atom. The Bertz CT molecular complexity index is 592. The largest absolute Gasteiger partial charge is 0.243 e. The monoisotopic (exact) mass is 294 g/mol. The SMILES string of the molecule is CCN(CCCC#N)S(=O)(=O)c1c(C)cc(C)cc1C. The van der Waals surface area contributed by atoms with Crippen molar-refractivity contribution in [2.24, 2.45) is 0 Å². The van der Waals surface area contributed by atoms with E-state index in [-0.39, 0.29) is 0 Å². The van der Waals surface area contributed by atoms with Gasteiger partial charge < -0.3 is 0 Å². The van der Waals surface area contributed by atoms with E-state index in [2.05, 4.69) is 0 Å². The van der Waals surface area contributed by atoms with Crippen LogP contribution < -0.4 is 0 Å². The van der Waals surface area contributed by atoms with Crippen LogP contribution in [-0.2, 0) is 10.0 Å². The maximum atomic E-state index is 12.8. The second-order valence-electron chi connectivity index (χ2n) is 4.99. The van der Waals surface area contributed by atoms with Crippen molar-refractivity contribution in [3.05, 3.63) is 28.8 Å². The molecule has 0 saturated heterocycles. The molecular weight excluding hydrogens is 272 g/mol. The smallest absolute Gasteiger partial charge is 0.207 e. The quantitative estimate of drug-likeness (QED) is 0.758. The molecule has 0 spiro atoms. The topological polar surface area (TPSA) is 61.2 Å². The standard InChI is InChI=1S/C15H22N2O2S/c1-5-17(9-7-6-8-16)20(18,19)15-13(3)10-12(2)11-14(15)4/h10-11H,5-7,9H2,1-4H3. The number of unbranched alkanes of at least 4 members (excludes halogenated alkanes) is 1. The van der Waals surface area contributed by atoms with Crippen LogP contribution in [0.1, 0.15) is 36.5 Å². The van der Waals surface area contributed by atoms with Gasteiger partial charge in [0.2, 0.25) is 10.0 Å². The summed E-state index contributed by atoms with van der Waals surface area (Å²) in [6.07, 6.45) is 0.936. The van der Waals surface area contributed by atoms with Crippen LogP contribution >= 0.6 is 0 Å². The van der Waals surface area contributed by atoms with Gasteiger partial charge in [-0.2, -0.15) is 9.57 Å². The van der Waals surface area contributed by atoms with Crippen molar-refractivity contribution in [2.75, 3.05) is 13.1 Å². The van der Waals surface area contributed by atoms with Crippen LogP contribution in [0.3, 0.4) is 0 Å². The first-order valence-electron chi connectivity index (χ1n) is 6.79. The van der Waals surface area contributed by atoms with Crippen molar-refractivity contribution in [3.63, 3.8) is 0 Å². The summed E-state index contributed by atoms with van der Waals surface area (Å²) in [5.74, 6) is 0. The van der Waals surface area contributed by atoms with Gasteiger partial charge in [0.1, 0.15) is 0 Å². The third-order valence-electron chi connectivity index (χ3n) is 3.25. The van der Waals surface area contributed by atoms with Crippen LogP contribution in [0.4, 0.5) is 0 Å². The van der Waals surface area contributed by atoms with Gasteiger partial charge >= 0.3 is 0 Å². The van der Waals surface area contributed by atoms with Gasteiger partial charge in [-0.05, 0) is 38.3 Å². The zero-order valence-electron chi connectivity index (χ0n) is 12.6. The van der Waals surface area contributed by atoms with E-state index in [1.54, 1.807) is 0 Å². The third-order valence-corrected chi connectivity index (χ3v) is 5.53. The van der Waals surface area contributed by atoms with Gasteiger partial charge in [0.25, 0.3) is 0 Å². The zero-order valence-corrected chi connectivity index (χ0v) is 13.4. The molecule has 0 N–H and O–H groups in total. The van der Waals surface area contributed by atoms with Crippen LogP contribution in [-0.4, -0.2) is 25.8 Å². The minimum Gasteiger partial charge on any atom is -0.207 e. The summed E-state index contributed by atoms with van der Waals surface area (Å²) in [6, 6.07) is 5.83. The average Bonchev–Trinajstić information content (AvgIpc) is 2.32. The number of hydrogen-bond donors (Lipinski definition) is 0. The highest BCUT2D eigenvalue weighted by molar-refractivity contribution is 7.89. The van der Waals surface area contributed by atoms with Crippen molar-refractivity contribution >= 4 is 10.0 Å². The Morgan fingerprint density at radius 1 is 1.20 bits per heavy atom. The lowest BCUT2D eigenvalue weighted by Gasteiger charge is -2.22. The van der Waals surface area contributed by atoms with Crippen molar-refractivity contribution in [3.8, 4) is 6.07 Å². The predicted octanol–water partition coefficient (Wildman–Crippen LogP) is 2.93. The number of hydrogen-bond acceptors (Lipinski definition) is 3. The summed E-state index contributed by atoms with van der Waals surface area (Å²) >= 11 is 0. The summed E-state index contributed by atoms with van der Waals surface area (Å²) in [6.45, 7) is 8.25. The molecular formula is C15H22N2O2S. The maximum Gasteiger partial charge on any atom is 0.243 e. The molecule has 0 aliphatic carbocycles. The molecule has 0 amide bonds. The Kier molecular flexibility index (Phi) is 5.73. The summed E-state index contributed by atoms with van der Waals surface area (Å²) in [4.78, 5) is 0.405. The van der Waals surface area contributed by atoms with Crippen LogP contribution in [0.15, 0.2) is 17.0 Å². The van der Waals surface area contributed by atoms with Gasteiger partial charge in [-0.25, -0.2) is 8.42 Å². The van der Waals surface area contributed by atoms with E-state index in [9.17, 15) is 8.42 Å². The number of aryl methyl sites for hydroxylation is 3. The molecule has 0 aliphatic rings. The van der Waals surface area contributed by atoms with E-state index in [0.717, 1.165) is 16.7 Å². The lowest BCUT2D eigenvalue weighted by atomic mass is 10.1. The molecule has 0 fully saturated rings. The number of rotatable bonds is 6. The highest BCUT2D eigenvalue weighted by Crippen LogP contribution is 2.25. The van der Waals surface area contributed by atoms with E-state index in [1.807, 2.05) is 45.9 Å². The van der Waals surface area contributed by atoms with Crippen LogP contribution in [0.2, 0.25) is 0 Å². The molecule has 0 radical (unpaired) electrons. The molecule has 0 heterocycles. The molecule has 4 nitrogen and oxygen atoms in total. The van der Waals surface area contributed by atoms with Crippen LogP contribution in [0.25, 0.3) is 0 Å². The fourth-order valence-electron chi connectivity index (χ4n) is 2.49. The molecule has 0 saturated carbocycles.